The highest BCUT2D eigenvalue weighted by atomic mass is 79.9. The van der Waals surface area contributed by atoms with Gasteiger partial charge in [0.15, 0.2) is 0 Å². The topological polar surface area (TPSA) is 68.0 Å². The summed E-state index contributed by atoms with van der Waals surface area (Å²) < 4.78 is 1.92. The Morgan fingerprint density at radius 2 is 2.19 bits per heavy atom. The number of nitrogens with zero attached hydrogens (tertiary/aromatic N) is 1. The van der Waals surface area contributed by atoms with Gasteiger partial charge in [-0.3, -0.25) is 9.78 Å². The summed E-state index contributed by atoms with van der Waals surface area (Å²) in [6.07, 6.45) is 1.67. The van der Waals surface area contributed by atoms with Gasteiger partial charge in [-0.05, 0) is 42.8 Å². The third-order valence-electron chi connectivity index (χ3n) is 3.10. The van der Waals surface area contributed by atoms with Crippen molar-refractivity contribution in [1.82, 2.24) is 4.98 Å². The minimum Gasteiger partial charge on any atom is -0.396 e. The highest BCUT2D eigenvalue weighted by molar-refractivity contribution is 9.10. The Bertz CT molecular complexity index is 844. The minimum atomic E-state index is -0.211. The number of carbonyl (C=O) groups is 1. The summed E-state index contributed by atoms with van der Waals surface area (Å²) in [5, 5.41) is 2.87. The highest BCUT2D eigenvalue weighted by Gasteiger charge is 2.17. The maximum absolute atomic E-state index is 12.4. The van der Waals surface area contributed by atoms with E-state index in [1.165, 1.54) is 11.3 Å². The Morgan fingerprint density at radius 1 is 1.38 bits per heavy atom. The number of fused-ring (bicyclic) bond motifs is 1. The van der Waals surface area contributed by atoms with Gasteiger partial charge in [-0.15, -0.1) is 11.3 Å². The molecule has 0 radical (unpaired) electrons. The van der Waals surface area contributed by atoms with E-state index >= 15 is 0 Å². The van der Waals surface area contributed by atoms with E-state index in [1.807, 2.05) is 37.3 Å². The first-order valence-corrected chi connectivity index (χ1v) is 7.87. The lowest BCUT2D eigenvalue weighted by Crippen LogP contribution is -2.12. The molecule has 0 atom stereocenters. The van der Waals surface area contributed by atoms with E-state index in [-0.39, 0.29) is 5.91 Å². The number of nitrogens with two attached hydrogens (primary N) is 1. The molecular weight excluding hydrogens is 350 g/mol. The molecule has 1 aromatic carbocycles. The van der Waals surface area contributed by atoms with Gasteiger partial charge in [0.1, 0.15) is 10.4 Å². The van der Waals surface area contributed by atoms with E-state index in [4.69, 9.17) is 5.73 Å². The van der Waals surface area contributed by atoms with Crippen LogP contribution in [-0.4, -0.2) is 10.9 Å². The third kappa shape index (κ3) is 2.64. The van der Waals surface area contributed by atoms with E-state index in [0.29, 0.717) is 16.1 Å². The SMILES string of the molecule is Cc1cc(NC(=O)c2sc3cccnc3c2N)ccc1Br. The summed E-state index contributed by atoms with van der Waals surface area (Å²) in [4.78, 5) is 17.1. The van der Waals surface area contributed by atoms with Crippen LogP contribution in [0, 0.1) is 6.92 Å². The number of amides is 1. The van der Waals surface area contributed by atoms with E-state index in [2.05, 4.69) is 26.2 Å². The van der Waals surface area contributed by atoms with Gasteiger partial charge < -0.3 is 11.1 Å². The van der Waals surface area contributed by atoms with Crippen molar-refractivity contribution in [2.45, 2.75) is 6.92 Å². The highest BCUT2D eigenvalue weighted by Crippen LogP contribution is 2.32. The minimum absolute atomic E-state index is 0.211. The molecule has 3 aromatic rings. The zero-order valence-corrected chi connectivity index (χ0v) is 13.6. The molecule has 4 nitrogen and oxygen atoms in total. The van der Waals surface area contributed by atoms with Crippen molar-refractivity contribution in [3.8, 4) is 0 Å². The molecule has 0 aliphatic rings. The third-order valence-corrected chi connectivity index (χ3v) is 5.15. The number of rotatable bonds is 2. The molecule has 3 rings (SSSR count). The van der Waals surface area contributed by atoms with Crippen molar-refractivity contribution in [1.29, 1.82) is 0 Å². The number of anilines is 2. The predicted octanol–water partition coefficient (Wildman–Crippen LogP) is 4.20. The van der Waals surface area contributed by atoms with Gasteiger partial charge in [-0.1, -0.05) is 15.9 Å². The van der Waals surface area contributed by atoms with Crippen LogP contribution in [0.1, 0.15) is 15.2 Å². The van der Waals surface area contributed by atoms with E-state index in [9.17, 15) is 4.79 Å². The summed E-state index contributed by atoms with van der Waals surface area (Å²) >= 11 is 4.79. The number of thiophene rings is 1. The van der Waals surface area contributed by atoms with Crippen LogP contribution in [0.4, 0.5) is 11.4 Å². The molecule has 0 fully saturated rings. The number of aromatic nitrogens is 1. The second kappa shape index (κ2) is 5.46. The molecule has 106 valence electrons. The quantitative estimate of drug-likeness (QED) is 0.718. The predicted molar refractivity (Wildman–Crippen MR) is 90.9 cm³/mol. The monoisotopic (exact) mass is 361 g/mol. The molecule has 1 amide bonds. The van der Waals surface area contributed by atoms with Crippen LogP contribution in [0.15, 0.2) is 41.0 Å². The Morgan fingerprint density at radius 3 is 2.90 bits per heavy atom. The molecule has 0 unspecified atom stereocenters. The summed E-state index contributed by atoms with van der Waals surface area (Å²) in [6.45, 7) is 1.97. The van der Waals surface area contributed by atoms with Crippen molar-refractivity contribution in [3.63, 3.8) is 0 Å². The number of carbonyl (C=O) groups excluding carboxylic acids is 1. The first-order valence-electron chi connectivity index (χ1n) is 6.27. The van der Waals surface area contributed by atoms with E-state index in [1.54, 1.807) is 6.20 Å². The van der Waals surface area contributed by atoms with Crippen LogP contribution in [0.5, 0.6) is 0 Å². The van der Waals surface area contributed by atoms with E-state index in [0.717, 1.165) is 20.4 Å². The Balaban J connectivity index is 1.93. The van der Waals surface area contributed by atoms with Crippen LogP contribution in [0.25, 0.3) is 10.2 Å². The number of nitrogen functional groups attached to an aromatic ring is 1. The maximum Gasteiger partial charge on any atom is 0.267 e. The fourth-order valence-corrected chi connectivity index (χ4v) is 3.25. The normalized spacial score (nSPS) is 10.8. The molecule has 0 saturated heterocycles. The van der Waals surface area contributed by atoms with Gasteiger partial charge in [0.05, 0.1) is 10.4 Å². The van der Waals surface area contributed by atoms with Crippen LogP contribution in [-0.2, 0) is 0 Å². The summed E-state index contributed by atoms with van der Waals surface area (Å²) in [5.74, 6) is -0.211. The fourth-order valence-electron chi connectivity index (χ4n) is 2.03. The molecule has 0 aliphatic heterocycles. The molecular formula is C15H12BrN3OS. The van der Waals surface area contributed by atoms with E-state index < -0.39 is 0 Å². The van der Waals surface area contributed by atoms with Crippen molar-refractivity contribution >= 4 is 54.8 Å². The number of hydrogen-bond acceptors (Lipinski definition) is 4. The number of halogens is 1. The zero-order valence-electron chi connectivity index (χ0n) is 11.2. The van der Waals surface area contributed by atoms with Gasteiger partial charge in [0, 0.05) is 16.4 Å². The molecule has 6 heteroatoms. The molecule has 0 spiro atoms. The molecule has 2 aromatic heterocycles. The summed E-state index contributed by atoms with van der Waals surface area (Å²) in [7, 11) is 0. The molecule has 2 heterocycles. The molecule has 0 bridgehead atoms. The average molecular weight is 362 g/mol. The van der Waals surface area contributed by atoms with Crippen molar-refractivity contribution < 1.29 is 4.79 Å². The van der Waals surface area contributed by atoms with Crippen LogP contribution in [0.2, 0.25) is 0 Å². The maximum atomic E-state index is 12.4. The first-order chi connectivity index (χ1) is 10.1. The molecule has 0 saturated carbocycles. The first kappa shape index (κ1) is 14.0. The lowest BCUT2D eigenvalue weighted by molar-refractivity contribution is 0.103. The van der Waals surface area contributed by atoms with Crippen LogP contribution in [0.3, 0.4) is 0 Å². The second-order valence-corrected chi connectivity index (χ2v) is 6.52. The number of aryl methyl sites for hydroxylation is 1. The van der Waals surface area contributed by atoms with Crippen molar-refractivity contribution in [2.24, 2.45) is 0 Å². The van der Waals surface area contributed by atoms with Gasteiger partial charge in [-0.2, -0.15) is 0 Å². The number of benzene rings is 1. The van der Waals surface area contributed by atoms with Gasteiger partial charge in [0.25, 0.3) is 5.91 Å². The average Bonchev–Trinajstić information content (AvgIpc) is 2.81. The molecule has 21 heavy (non-hydrogen) atoms. The summed E-state index contributed by atoms with van der Waals surface area (Å²) in [5.41, 5.74) is 8.94. The standard InChI is InChI=1S/C15H12BrN3OS/c1-8-7-9(4-5-10(8)16)19-15(20)14-12(17)13-11(21-14)3-2-6-18-13/h2-7H,17H2,1H3,(H,19,20). The van der Waals surface area contributed by atoms with Crippen molar-refractivity contribution in [3.05, 3.63) is 51.4 Å². The number of pyridine rings is 1. The van der Waals surface area contributed by atoms with Gasteiger partial charge in [-0.25, -0.2) is 0 Å². The van der Waals surface area contributed by atoms with Gasteiger partial charge in [0.2, 0.25) is 0 Å². The number of nitrogens with one attached hydrogen (secondary N) is 1. The number of hydrogen-bond donors (Lipinski definition) is 2. The molecule has 0 aliphatic carbocycles. The van der Waals surface area contributed by atoms with Crippen molar-refractivity contribution in [2.75, 3.05) is 11.1 Å². The summed E-state index contributed by atoms with van der Waals surface area (Å²) in [6, 6.07) is 9.39. The second-order valence-electron chi connectivity index (χ2n) is 4.61. The van der Waals surface area contributed by atoms with Gasteiger partial charge >= 0.3 is 0 Å². The largest absolute Gasteiger partial charge is 0.396 e. The van der Waals surface area contributed by atoms with Crippen LogP contribution >= 0.6 is 27.3 Å². The Kier molecular flexibility index (Phi) is 3.65. The Labute approximate surface area is 134 Å². The Hall–Kier alpha value is -1.92. The lowest BCUT2D eigenvalue weighted by Gasteiger charge is -2.06. The smallest absolute Gasteiger partial charge is 0.267 e. The molecule has 3 N–H and O–H groups in total. The van der Waals surface area contributed by atoms with Crippen LogP contribution < -0.4 is 11.1 Å². The zero-order chi connectivity index (χ0) is 15.0. The lowest BCUT2D eigenvalue weighted by atomic mass is 10.2. The fraction of sp³-hybridized carbons (Fsp3) is 0.0667.